The lowest BCUT2D eigenvalue weighted by molar-refractivity contribution is 0.113. The fourth-order valence-corrected chi connectivity index (χ4v) is 3.94. The molecule has 6 heteroatoms. The largest absolute Gasteiger partial charge is 0.368 e. The molecule has 2 saturated carbocycles. The van der Waals surface area contributed by atoms with Crippen molar-refractivity contribution in [2.75, 3.05) is 31.7 Å². The molecular formula is C17H30N6. The molecule has 0 aliphatic heterocycles. The summed E-state index contributed by atoms with van der Waals surface area (Å²) in [5.41, 5.74) is 13.1. The topological polar surface area (TPSA) is 93.1 Å². The van der Waals surface area contributed by atoms with Crippen molar-refractivity contribution in [3.63, 3.8) is 0 Å². The molecule has 5 N–H and O–H groups in total. The maximum absolute atomic E-state index is 5.91. The summed E-state index contributed by atoms with van der Waals surface area (Å²) >= 11 is 0. The number of hydrogen-bond donors (Lipinski definition) is 3. The number of aromatic nitrogens is 2. The fourth-order valence-electron chi connectivity index (χ4n) is 3.94. The number of nitrogens with one attached hydrogen (secondary N) is 1. The summed E-state index contributed by atoms with van der Waals surface area (Å²) in [4.78, 5) is 11.1. The van der Waals surface area contributed by atoms with E-state index in [9.17, 15) is 0 Å². The SMILES string of the molecule is CN(C)C1(CNc2cc(C3CC(N)C3)nc(N)n2)CCCCC1. The molecule has 3 rings (SSSR count). The number of likely N-dealkylation sites (N-methyl/N-ethyl adjacent to an activating group) is 1. The molecule has 6 nitrogen and oxygen atoms in total. The van der Waals surface area contributed by atoms with E-state index in [1.54, 1.807) is 0 Å². The third kappa shape index (κ3) is 3.58. The highest BCUT2D eigenvalue weighted by Crippen LogP contribution is 2.36. The van der Waals surface area contributed by atoms with Crippen molar-refractivity contribution in [3.8, 4) is 0 Å². The summed E-state index contributed by atoms with van der Waals surface area (Å²) in [7, 11) is 4.37. The molecule has 0 bridgehead atoms. The number of nitrogens with zero attached hydrogens (tertiary/aromatic N) is 3. The maximum Gasteiger partial charge on any atom is 0.222 e. The van der Waals surface area contributed by atoms with Crippen LogP contribution >= 0.6 is 0 Å². The number of nitrogen functional groups attached to an aromatic ring is 1. The molecule has 0 atom stereocenters. The Labute approximate surface area is 139 Å². The van der Waals surface area contributed by atoms with Gasteiger partial charge in [0.25, 0.3) is 0 Å². The molecule has 0 unspecified atom stereocenters. The molecule has 1 aromatic rings. The quantitative estimate of drug-likeness (QED) is 0.768. The zero-order valence-electron chi connectivity index (χ0n) is 14.4. The Kier molecular flexibility index (Phi) is 4.73. The van der Waals surface area contributed by atoms with Crippen LogP contribution in [0.25, 0.3) is 0 Å². The normalized spacial score (nSPS) is 26.8. The van der Waals surface area contributed by atoms with Gasteiger partial charge in [-0.15, -0.1) is 0 Å². The van der Waals surface area contributed by atoms with Crippen LogP contribution in [0.3, 0.4) is 0 Å². The Morgan fingerprint density at radius 1 is 1.22 bits per heavy atom. The molecule has 0 spiro atoms. The molecular weight excluding hydrogens is 288 g/mol. The third-order valence-corrected chi connectivity index (χ3v) is 5.69. The first kappa shape index (κ1) is 16.5. The number of hydrogen-bond acceptors (Lipinski definition) is 6. The van der Waals surface area contributed by atoms with E-state index in [-0.39, 0.29) is 5.54 Å². The third-order valence-electron chi connectivity index (χ3n) is 5.69. The lowest BCUT2D eigenvalue weighted by Gasteiger charge is -2.43. The van der Waals surface area contributed by atoms with Crippen LogP contribution < -0.4 is 16.8 Å². The maximum atomic E-state index is 5.91. The van der Waals surface area contributed by atoms with Crippen LogP contribution in [0.2, 0.25) is 0 Å². The van der Waals surface area contributed by atoms with Crippen LogP contribution in [0, 0.1) is 0 Å². The highest BCUT2D eigenvalue weighted by Gasteiger charge is 2.34. The Morgan fingerprint density at radius 3 is 2.52 bits per heavy atom. The van der Waals surface area contributed by atoms with Crippen molar-refractivity contribution in [1.82, 2.24) is 14.9 Å². The van der Waals surface area contributed by atoms with Gasteiger partial charge in [0.05, 0.1) is 5.69 Å². The van der Waals surface area contributed by atoms with Gasteiger partial charge in [0.2, 0.25) is 5.95 Å². The molecule has 23 heavy (non-hydrogen) atoms. The van der Waals surface area contributed by atoms with Crippen LogP contribution in [-0.2, 0) is 0 Å². The van der Waals surface area contributed by atoms with Gasteiger partial charge in [0.15, 0.2) is 0 Å². The average molecular weight is 318 g/mol. The minimum atomic E-state index is 0.219. The minimum absolute atomic E-state index is 0.219. The van der Waals surface area contributed by atoms with E-state index >= 15 is 0 Å². The highest BCUT2D eigenvalue weighted by molar-refractivity contribution is 5.42. The molecule has 2 aliphatic carbocycles. The molecule has 128 valence electrons. The first-order valence-corrected chi connectivity index (χ1v) is 8.80. The minimum Gasteiger partial charge on any atom is -0.368 e. The van der Waals surface area contributed by atoms with Crippen LogP contribution in [0.1, 0.15) is 56.6 Å². The van der Waals surface area contributed by atoms with Crippen LogP contribution in [0.5, 0.6) is 0 Å². The van der Waals surface area contributed by atoms with Crippen LogP contribution in [0.15, 0.2) is 6.07 Å². The number of rotatable bonds is 5. The van der Waals surface area contributed by atoms with E-state index in [2.05, 4.69) is 40.3 Å². The average Bonchev–Trinajstić information content (AvgIpc) is 2.50. The molecule has 1 aromatic heterocycles. The predicted octanol–water partition coefficient (Wildman–Crippen LogP) is 1.94. The van der Waals surface area contributed by atoms with E-state index in [0.717, 1.165) is 30.9 Å². The summed E-state index contributed by atoms with van der Waals surface area (Å²) in [6.07, 6.45) is 8.42. The summed E-state index contributed by atoms with van der Waals surface area (Å²) in [5, 5.41) is 3.53. The number of nitrogens with two attached hydrogens (primary N) is 2. The summed E-state index contributed by atoms with van der Waals surface area (Å²) in [6, 6.07) is 2.37. The van der Waals surface area contributed by atoms with Crippen molar-refractivity contribution >= 4 is 11.8 Å². The lowest BCUT2D eigenvalue weighted by atomic mass is 9.78. The van der Waals surface area contributed by atoms with Gasteiger partial charge in [-0.1, -0.05) is 19.3 Å². The summed E-state index contributed by atoms with van der Waals surface area (Å²) in [5.74, 6) is 1.64. The molecule has 0 amide bonds. The van der Waals surface area contributed by atoms with Crippen LogP contribution in [-0.4, -0.2) is 47.1 Å². The van der Waals surface area contributed by atoms with Gasteiger partial charge >= 0.3 is 0 Å². The van der Waals surface area contributed by atoms with Gasteiger partial charge in [-0.05, 0) is 39.8 Å². The van der Waals surface area contributed by atoms with Crippen molar-refractivity contribution in [2.45, 2.75) is 62.4 Å². The van der Waals surface area contributed by atoms with E-state index < -0.39 is 0 Å². The van der Waals surface area contributed by atoms with Crippen molar-refractivity contribution < 1.29 is 0 Å². The van der Waals surface area contributed by atoms with Gasteiger partial charge in [0, 0.05) is 30.1 Å². The van der Waals surface area contributed by atoms with E-state index in [1.807, 2.05) is 0 Å². The first-order valence-electron chi connectivity index (χ1n) is 8.80. The van der Waals surface area contributed by atoms with Crippen molar-refractivity contribution in [2.24, 2.45) is 5.73 Å². The van der Waals surface area contributed by atoms with Gasteiger partial charge in [-0.25, -0.2) is 4.98 Å². The zero-order chi connectivity index (χ0) is 16.4. The second-order valence-corrected chi connectivity index (χ2v) is 7.50. The molecule has 2 aliphatic rings. The van der Waals surface area contributed by atoms with Crippen LogP contribution in [0.4, 0.5) is 11.8 Å². The van der Waals surface area contributed by atoms with Gasteiger partial charge in [0.1, 0.15) is 5.82 Å². The Bertz CT molecular complexity index is 532. The second-order valence-electron chi connectivity index (χ2n) is 7.50. The first-order chi connectivity index (χ1) is 11.0. The Morgan fingerprint density at radius 2 is 1.91 bits per heavy atom. The second kappa shape index (κ2) is 6.61. The molecule has 1 heterocycles. The predicted molar refractivity (Wildman–Crippen MR) is 94.4 cm³/mol. The Hall–Kier alpha value is -1.40. The Balaban J connectivity index is 1.69. The molecule has 0 aromatic carbocycles. The number of anilines is 2. The van der Waals surface area contributed by atoms with Gasteiger partial charge in [-0.3, -0.25) is 0 Å². The van der Waals surface area contributed by atoms with E-state index in [0.29, 0.717) is 17.9 Å². The van der Waals surface area contributed by atoms with Crippen molar-refractivity contribution in [1.29, 1.82) is 0 Å². The van der Waals surface area contributed by atoms with E-state index in [4.69, 9.17) is 11.5 Å². The fraction of sp³-hybridized carbons (Fsp3) is 0.765. The van der Waals surface area contributed by atoms with Crippen molar-refractivity contribution in [3.05, 3.63) is 11.8 Å². The molecule has 2 fully saturated rings. The highest BCUT2D eigenvalue weighted by atomic mass is 15.2. The van der Waals surface area contributed by atoms with Gasteiger partial charge in [-0.2, -0.15) is 4.98 Å². The standard InChI is InChI=1S/C17H30N6/c1-23(2)17(6-4-3-5-7-17)11-20-15-10-14(21-16(19)22-15)12-8-13(18)9-12/h10,12-13H,3-9,11,18H2,1-2H3,(H3,19,20,21,22). The monoisotopic (exact) mass is 318 g/mol. The summed E-state index contributed by atoms with van der Waals surface area (Å²) in [6.45, 7) is 0.903. The lowest BCUT2D eigenvalue weighted by Crippen LogP contribution is -2.51. The zero-order valence-corrected chi connectivity index (χ0v) is 14.4. The van der Waals surface area contributed by atoms with Gasteiger partial charge < -0.3 is 21.7 Å². The summed E-state index contributed by atoms with van der Waals surface area (Å²) < 4.78 is 0. The smallest absolute Gasteiger partial charge is 0.222 e. The molecule has 0 saturated heterocycles. The van der Waals surface area contributed by atoms with E-state index in [1.165, 1.54) is 32.1 Å². The molecule has 0 radical (unpaired) electrons.